The highest BCUT2D eigenvalue weighted by Crippen LogP contribution is 2.24. The van der Waals surface area contributed by atoms with Crippen molar-refractivity contribution in [2.45, 2.75) is 20.1 Å². The van der Waals surface area contributed by atoms with Crippen LogP contribution in [0, 0.1) is 6.92 Å². The third kappa shape index (κ3) is 1.42. The Morgan fingerprint density at radius 2 is 1.58 bits per heavy atom. The molecule has 0 aromatic heterocycles. The Bertz CT molecular complexity index is 252. The van der Waals surface area contributed by atoms with Crippen LogP contribution in [0.25, 0.3) is 0 Å². The van der Waals surface area contributed by atoms with Crippen LogP contribution in [0.4, 0.5) is 0 Å². The van der Waals surface area contributed by atoms with E-state index in [4.69, 9.17) is 10.2 Å². The van der Waals surface area contributed by atoms with Crippen LogP contribution in [0.15, 0.2) is 12.1 Å². The second-order valence-corrected chi connectivity index (χ2v) is 2.67. The summed E-state index contributed by atoms with van der Waals surface area (Å²) in [7, 11) is 0. The average molecular weight is 168 g/mol. The lowest BCUT2D eigenvalue weighted by atomic mass is 10.0. The third-order valence-electron chi connectivity index (χ3n) is 1.97. The number of aromatic hydroxyl groups is 1. The van der Waals surface area contributed by atoms with Gasteiger partial charge in [0.05, 0.1) is 13.2 Å². The Hall–Kier alpha value is -1.06. The van der Waals surface area contributed by atoms with E-state index in [-0.39, 0.29) is 19.0 Å². The number of aliphatic hydroxyl groups is 2. The Balaban J connectivity index is 3.20. The van der Waals surface area contributed by atoms with E-state index in [1.807, 2.05) is 0 Å². The zero-order valence-electron chi connectivity index (χ0n) is 6.91. The Morgan fingerprint density at radius 3 is 2.08 bits per heavy atom. The van der Waals surface area contributed by atoms with Gasteiger partial charge in [0.15, 0.2) is 0 Å². The van der Waals surface area contributed by atoms with E-state index in [2.05, 4.69) is 0 Å². The standard InChI is InChI=1S/C9H12O3/c1-6-7(4-10)2-3-8(5-11)9(6)12/h2-3,10-12H,4-5H2,1H3. The number of hydrogen-bond acceptors (Lipinski definition) is 3. The maximum Gasteiger partial charge on any atom is 0.124 e. The molecule has 0 amide bonds. The monoisotopic (exact) mass is 168 g/mol. The van der Waals surface area contributed by atoms with Gasteiger partial charge in [-0.3, -0.25) is 0 Å². The number of phenols is 1. The van der Waals surface area contributed by atoms with Crippen molar-refractivity contribution in [3.05, 3.63) is 28.8 Å². The fourth-order valence-corrected chi connectivity index (χ4v) is 1.10. The molecule has 3 heteroatoms. The molecular formula is C9H12O3. The molecule has 1 aromatic carbocycles. The van der Waals surface area contributed by atoms with E-state index in [1.165, 1.54) is 0 Å². The summed E-state index contributed by atoms with van der Waals surface area (Å²) < 4.78 is 0. The first kappa shape index (κ1) is 9.03. The summed E-state index contributed by atoms with van der Waals surface area (Å²) in [6.07, 6.45) is 0. The van der Waals surface area contributed by atoms with E-state index < -0.39 is 0 Å². The highest BCUT2D eigenvalue weighted by atomic mass is 16.3. The molecule has 0 radical (unpaired) electrons. The zero-order valence-corrected chi connectivity index (χ0v) is 6.91. The van der Waals surface area contributed by atoms with Crippen LogP contribution in [0.5, 0.6) is 5.75 Å². The van der Waals surface area contributed by atoms with Crippen LogP contribution in [0.3, 0.4) is 0 Å². The smallest absolute Gasteiger partial charge is 0.124 e. The van der Waals surface area contributed by atoms with E-state index in [1.54, 1.807) is 19.1 Å². The minimum atomic E-state index is -0.182. The molecule has 3 N–H and O–H groups in total. The highest BCUT2D eigenvalue weighted by Gasteiger charge is 2.06. The maximum atomic E-state index is 9.44. The van der Waals surface area contributed by atoms with Crippen LogP contribution in [-0.2, 0) is 13.2 Å². The number of aliphatic hydroxyl groups excluding tert-OH is 2. The summed E-state index contributed by atoms with van der Waals surface area (Å²) in [5.41, 5.74) is 1.80. The summed E-state index contributed by atoms with van der Waals surface area (Å²) >= 11 is 0. The Kier molecular flexibility index (Phi) is 2.68. The summed E-state index contributed by atoms with van der Waals surface area (Å²) in [6, 6.07) is 3.30. The van der Waals surface area contributed by atoms with Gasteiger partial charge in [0.25, 0.3) is 0 Å². The highest BCUT2D eigenvalue weighted by molar-refractivity contribution is 5.44. The van der Waals surface area contributed by atoms with Crippen molar-refractivity contribution in [3.63, 3.8) is 0 Å². The zero-order chi connectivity index (χ0) is 9.14. The molecule has 0 spiro atoms. The first-order valence-corrected chi connectivity index (χ1v) is 3.72. The van der Waals surface area contributed by atoms with Gasteiger partial charge in [-0.05, 0) is 18.1 Å². The normalized spacial score (nSPS) is 10.2. The number of rotatable bonds is 2. The van der Waals surface area contributed by atoms with Crippen molar-refractivity contribution >= 4 is 0 Å². The van der Waals surface area contributed by atoms with Gasteiger partial charge in [0.2, 0.25) is 0 Å². The molecule has 1 aromatic rings. The first-order valence-electron chi connectivity index (χ1n) is 3.72. The van der Waals surface area contributed by atoms with Crippen molar-refractivity contribution in [3.8, 4) is 5.75 Å². The van der Waals surface area contributed by atoms with Crippen LogP contribution in [-0.4, -0.2) is 15.3 Å². The minimum Gasteiger partial charge on any atom is -0.507 e. The molecule has 0 unspecified atom stereocenters. The van der Waals surface area contributed by atoms with Crippen molar-refractivity contribution in [1.82, 2.24) is 0 Å². The quantitative estimate of drug-likeness (QED) is 0.608. The van der Waals surface area contributed by atoms with E-state index in [9.17, 15) is 5.11 Å². The molecule has 0 saturated heterocycles. The molecule has 66 valence electrons. The Labute approximate surface area is 70.9 Å². The summed E-state index contributed by atoms with van der Waals surface area (Å²) in [5, 5.41) is 27.1. The van der Waals surface area contributed by atoms with Gasteiger partial charge < -0.3 is 15.3 Å². The molecule has 0 fully saturated rings. The van der Waals surface area contributed by atoms with Crippen molar-refractivity contribution in [2.24, 2.45) is 0 Å². The number of hydrogen-bond donors (Lipinski definition) is 3. The second kappa shape index (κ2) is 3.56. The molecule has 1 rings (SSSR count). The molecular weight excluding hydrogens is 156 g/mol. The van der Waals surface area contributed by atoms with Gasteiger partial charge in [0.1, 0.15) is 5.75 Å². The van der Waals surface area contributed by atoms with Gasteiger partial charge in [-0.1, -0.05) is 12.1 Å². The van der Waals surface area contributed by atoms with Crippen molar-refractivity contribution in [2.75, 3.05) is 0 Å². The van der Waals surface area contributed by atoms with Crippen LogP contribution >= 0.6 is 0 Å². The van der Waals surface area contributed by atoms with Crippen molar-refractivity contribution < 1.29 is 15.3 Å². The van der Waals surface area contributed by atoms with Crippen LogP contribution in [0.1, 0.15) is 16.7 Å². The van der Waals surface area contributed by atoms with E-state index in [0.717, 1.165) is 0 Å². The van der Waals surface area contributed by atoms with E-state index >= 15 is 0 Å². The van der Waals surface area contributed by atoms with Crippen LogP contribution < -0.4 is 0 Å². The lowest BCUT2D eigenvalue weighted by Crippen LogP contribution is -1.93. The SMILES string of the molecule is Cc1c(CO)ccc(CO)c1O. The fourth-order valence-electron chi connectivity index (χ4n) is 1.10. The van der Waals surface area contributed by atoms with Gasteiger partial charge >= 0.3 is 0 Å². The molecule has 0 aliphatic heterocycles. The number of benzene rings is 1. The molecule has 12 heavy (non-hydrogen) atoms. The van der Waals surface area contributed by atoms with Gasteiger partial charge in [-0.2, -0.15) is 0 Å². The second-order valence-electron chi connectivity index (χ2n) is 2.67. The Morgan fingerprint density at radius 1 is 1.08 bits per heavy atom. The summed E-state index contributed by atoms with van der Waals surface area (Å²) in [5.74, 6) is 0.0732. The maximum absolute atomic E-state index is 9.44. The molecule has 3 nitrogen and oxygen atoms in total. The van der Waals surface area contributed by atoms with Gasteiger partial charge in [-0.15, -0.1) is 0 Å². The van der Waals surface area contributed by atoms with Gasteiger partial charge in [0, 0.05) is 5.56 Å². The largest absolute Gasteiger partial charge is 0.507 e. The summed E-state index contributed by atoms with van der Waals surface area (Å²) in [6.45, 7) is 1.43. The fraction of sp³-hybridized carbons (Fsp3) is 0.333. The van der Waals surface area contributed by atoms with E-state index in [0.29, 0.717) is 16.7 Å². The molecule has 0 atom stereocenters. The lowest BCUT2D eigenvalue weighted by molar-refractivity contribution is 0.271. The van der Waals surface area contributed by atoms with Crippen LogP contribution in [0.2, 0.25) is 0 Å². The molecule has 0 saturated carbocycles. The minimum absolute atomic E-state index is 0.0732. The molecule has 0 heterocycles. The van der Waals surface area contributed by atoms with Crippen molar-refractivity contribution in [1.29, 1.82) is 0 Å². The topological polar surface area (TPSA) is 60.7 Å². The molecule has 0 aliphatic carbocycles. The summed E-state index contributed by atoms with van der Waals surface area (Å²) in [4.78, 5) is 0. The molecule has 0 bridgehead atoms. The molecule has 0 aliphatic rings. The average Bonchev–Trinajstić information content (AvgIpc) is 2.10. The predicted octanol–water partition coefficient (Wildman–Crippen LogP) is 0.685. The predicted molar refractivity (Wildman–Crippen MR) is 44.7 cm³/mol. The third-order valence-corrected chi connectivity index (χ3v) is 1.97. The first-order chi connectivity index (χ1) is 5.70. The lowest BCUT2D eigenvalue weighted by Gasteiger charge is -2.08. The van der Waals surface area contributed by atoms with Gasteiger partial charge in [-0.25, -0.2) is 0 Å².